The molecule has 0 fully saturated rings. The van der Waals surface area contributed by atoms with Crippen LogP contribution in [0.25, 0.3) is 0 Å². The van der Waals surface area contributed by atoms with Crippen LogP contribution in [0.5, 0.6) is 0 Å². The Hall–Kier alpha value is -2.00. The summed E-state index contributed by atoms with van der Waals surface area (Å²) in [6, 6.07) is 0. The first-order valence-electron chi connectivity index (χ1n) is 6.34. The third-order valence-electron chi connectivity index (χ3n) is 3.61. The predicted molar refractivity (Wildman–Crippen MR) is 75.1 cm³/mol. The molecule has 9 heteroatoms. The van der Waals surface area contributed by atoms with Gasteiger partial charge in [-0.1, -0.05) is 13.8 Å². The quantitative estimate of drug-likeness (QED) is 0.313. The molecule has 0 aromatic carbocycles. The molecule has 5 N–H and O–H groups in total. The highest BCUT2D eigenvalue weighted by Crippen LogP contribution is 2.31. The van der Waals surface area contributed by atoms with E-state index in [9.17, 15) is 15.2 Å². The van der Waals surface area contributed by atoms with Gasteiger partial charge in [0.05, 0.1) is 11.5 Å². The van der Waals surface area contributed by atoms with Crippen LogP contribution in [0.1, 0.15) is 26.7 Å². The Morgan fingerprint density at radius 3 is 2.45 bits per heavy atom. The molecule has 0 aliphatic rings. The zero-order chi connectivity index (χ0) is 15.2. The van der Waals surface area contributed by atoms with E-state index in [-0.39, 0.29) is 29.3 Å². The van der Waals surface area contributed by atoms with E-state index in [0.717, 1.165) is 12.8 Å². The van der Waals surface area contributed by atoms with E-state index in [1.807, 2.05) is 13.8 Å². The zero-order valence-electron chi connectivity index (χ0n) is 11.6. The lowest BCUT2D eigenvalue weighted by Gasteiger charge is -2.29. The van der Waals surface area contributed by atoms with Gasteiger partial charge in [-0.25, -0.2) is 15.8 Å². The minimum absolute atomic E-state index is 0.00607. The second-order valence-electron chi connectivity index (χ2n) is 4.54. The summed E-state index contributed by atoms with van der Waals surface area (Å²) in [7, 11) is 0. The molecule has 0 radical (unpaired) electrons. The highest BCUT2D eigenvalue weighted by Gasteiger charge is 2.28. The first-order chi connectivity index (χ1) is 9.53. The first-order valence-corrected chi connectivity index (χ1v) is 6.34. The summed E-state index contributed by atoms with van der Waals surface area (Å²) in [5, 5.41) is 23.5. The average molecular weight is 284 g/mol. The fraction of sp³-hybridized carbons (Fsp3) is 0.636. The molecule has 1 heterocycles. The molecule has 0 unspecified atom stereocenters. The topological polar surface area (TPSA) is 139 Å². The number of nitro groups is 1. The van der Waals surface area contributed by atoms with Gasteiger partial charge in [-0.15, -0.1) is 0 Å². The number of aliphatic hydroxyl groups excluding tert-OH is 1. The van der Waals surface area contributed by atoms with Gasteiger partial charge in [-0.2, -0.15) is 0 Å². The number of aromatic nitrogens is 2. The molecule has 0 saturated heterocycles. The van der Waals surface area contributed by atoms with Gasteiger partial charge in [-0.3, -0.25) is 10.1 Å². The highest BCUT2D eigenvalue weighted by molar-refractivity contribution is 5.68. The number of anilines is 2. The van der Waals surface area contributed by atoms with Crippen molar-refractivity contribution in [2.24, 2.45) is 11.3 Å². The van der Waals surface area contributed by atoms with Crippen LogP contribution in [-0.2, 0) is 0 Å². The van der Waals surface area contributed by atoms with Crippen LogP contribution in [0, 0.1) is 15.5 Å². The maximum absolute atomic E-state index is 11.1. The number of rotatable bonds is 8. The Bertz CT molecular complexity index is 455. The maximum atomic E-state index is 11.1. The van der Waals surface area contributed by atoms with E-state index in [1.54, 1.807) is 0 Å². The molecular weight excluding hydrogens is 264 g/mol. The van der Waals surface area contributed by atoms with Crippen molar-refractivity contribution in [3.05, 3.63) is 16.4 Å². The molecule has 0 amide bonds. The molecule has 0 atom stereocenters. The highest BCUT2D eigenvalue weighted by atomic mass is 16.6. The predicted octanol–water partition coefficient (Wildman–Crippen LogP) is 0.881. The van der Waals surface area contributed by atoms with Crippen molar-refractivity contribution >= 4 is 17.3 Å². The molecule has 0 aliphatic heterocycles. The molecule has 0 saturated carbocycles. The first kappa shape index (κ1) is 16.1. The Morgan fingerprint density at radius 1 is 1.40 bits per heavy atom. The van der Waals surface area contributed by atoms with Gasteiger partial charge in [0, 0.05) is 12.0 Å². The molecule has 0 spiro atoms. The second kappa shape index (κ2) is 6.96. The second-order valence-corrected chi connectivity index (χ2v) is 4.54. The standard InChI is InChI=1S/C11H20N6O3/c1-3-11(4-2,6-18)5-13-9-8(17(19)20)10(16-12)15-7-14-9/h7,18H,3-6,12H2,1-2H3,(H2,13,14,15,16). The van der Waals surface area contributed by atoms with Gasteiger partial charge in [0.15, 0.2) is 0 Å². The third-order valence-corrected chi connectivity index (χ3v) is 3.61. The maximum Gasteiger partial charge on any atom is 0.354 e. The number of nitrogens with one attached hydrogen (secondary N) is 2. The molecule has 112 valence electrons. The lowest BCUT2D eigenvalue weighted by Crippen LogP contribution is -2.32. The monoisotopic (exact) mass is 284 g/mol. The van der Waals surface area contributed by atoms with Crippen molar-refractivity contribution in [3.8, 4) is 0 Å². The Labute approximate surface area is 116 Å². The zero-order valence-corrected chi connectivity index (χ0v) is 11.6. The summed E-state index contributed by atoms with van der Waals surface area (Å²) in [6.07, 6.45) is 2.67. The SMILES string of the molecule is CCC(CC)(CO)CNc1ncnc(NN)c1[N+](=O)[O-]. The van der Waals surface area contributed by atoms with Crippen LogP contribution in [0.15, 0.2) is 6.33 Å². The van der Waals surface area contributed by atoms with Gasteiger partial charge < -0.3 is 15.8 Å². The summed E-state index contributed by atoms with van der Waals surface area (Å²) in [6.45, 7) is 4.29. The summed E-state index contributed by atoms with van der Waals surface area (Å²) in [5.41, 5.74) is 1.53. The molecule has 9 nitrogen and oxygen atoms in total. The minimum Gasteiger partial charge on any atom is -0.396 e. The fourth-order valence-corrected chi connectivity index (χ4v) is 1.84. The minimum atomic E-state index is -0.601. The number of aliphatic hydroxyl groups is 1. The van der Waals surface area contributed by atoms with Crippen LogP contribution in [0.3, 0.4) is 0 Å². The normalized spacial score (nSPS) is 11.2. The summed E-state index contributed by atoms with van der Waals surface area (Å²) < 4.78 is 0. The summed E-state index contributed by atoms with van der Waals surface area (Å²) >= 11 is 0. The number of nitrogens with zero attached hydrogens (tertiary/aromatic N) is 3. The van der Waals surface area contributed by atoms with Crippen LogP contribution < -0.4 is 16.6 Å². The lowest BCUT2D eigenvalue weighted by molar-refractivity contribution is -0.383. The number of hydrogen-bond acceptors (Lipinski definition) is 8. The third kappa shape index (κ3) is 3.31. The molecule has 0 aliphatic carbocycles. The number of hydrazine groups is 1. The summed E-state index contributed by atoms with van der Waals surface area (Å²) in [4.78, 5) is 18.1. The van der Waals surface area contributed by atoms with Crippen molar-refractivity contribution in [2.45, 2.75) is 26.7 Å². The van der Waals surface area contributed by atoms with Gasteiger partial charge in [0.25, 0.3) is 0 Å². The van der Waals surface area contributed by atoms with Crippen LogP contribution in [0.2, 0.25) is 0 Å². The van der Waals surface area contributed by atoms with Gasteiger partial charge in [0.1, 0.15) is 6.33 Å². The molecular formula is C11H20N6O3. The Balaban J connectivity index is 3.01. The van der Waals surface area contributed by atoms with Gasteiger partial charge in [-0.05, 0) is 12.8 Å². The van der Waals surface area contributed by atoms with Crippen molar-refractivity contribution in [2.75, 3.05) is 23.9 Å². The lowest BCUT2D eigenvalue weighted by atomic mass is 9.83. The van der Waals surface area contributed by atoms with Gasteiger partial charge in [0.2, 0.25) is 11.6 Å². The van der Waals surface area contributed by atoms with E-state index in [2.05, 4.69) is 20.7 Å². The van der Waals surface area contributed by atoms with Crippen LogP contribution >= 0.6 is 0 Å². The van der Waals surface area contributed by atoms with Crippen molar-refractivity contribution in [1.82, 2.24) is 9.97 Å². The van der Waals surface area contributed by atoms with E-state index < -0.39 is 4.92 Å². The molecule has 1 rings (SSSR count). The van der Waals surface area contributed by atoms with E-state index >= 15 is 0 Å². The number of nitrogen functional groups attached to an aromatic ring is 1. The molecule has 0 bridgehead atoms. The van der Waals surface area contributed by atoms with Crippen LogP contribution in [-0.4, -0.2) is 33.1 Å². The van der Waals surface area contributed by atoms with Crippen molar-refractivity contribution < 1.29 is 10.0 Å². The van der Waals surface area contributed by atoms with E-state index in [1.165, 1.54) is 6.33 Å². The number of nitrogens with two attached hydrogens (primary N) is 1. The largest absolute Gasteiger partial charge is 0.396 e. The molecule has 1 aromatic rings. The Morgan fingerprint density at radius 2 is 2.00 bits per heavy atom. The number of hydrogen-bond donors (Lipinski definition) is 4. The van der Waals surface area contributed by atoms with Crippen molar-refractivity contribution in [3.63, 3.8) is 0 Å². The van der Waals surface area contributed by atoms with E-state index in [4.69, 9.17) is 5.84 Å². The smallest absolute Gasteiger partial charge is 0.354 e. The fourth-order valence-electron chi connectivity index (χ4n) is 1.84. The van der Waals surface area contributed by atoms with E-state index in [0.29, 0.717) is 6.54 Å². The van der Waals surface area contributed by atoms with Gasteiger partial charge >= 0.3 is 5.69 Å². The average Bonchev–Trinajstić information content (AvgIpc) is 2.48. The molecule has 1 aromatic heterocycles. The molecule has 20 heavy (non-hydrogen) atoms. The van der Waals surface area contributed by atoms with Crippen molar-refractivity contribution in [1.29, 1.82) is 0 Å². The Kier molecular flexibility index (Phi) is 5.59. The summed E-state index contributed by atoms with van der Waals surface area (Å²) in [5.74, 6) is 5.23. The van der Waals surface area contributed by atoms with Crippen LogP contribution in [0.4, 0.5) is 17.3 Å².